The van der Waals surface area contributed by atoms with Crippen molar-refractivity contribution in [1.29, 1.82) is 5.26 Å². The van der Waals surface area contributed by atoms with Gasteiger partial charge in [0.2, 0.25) is 0 Å². The van der Waals surface area contributed by atoms with E-state index >= 15 is 0 Å². The number of hydrogen-bond acceptors (Lipinski definition) is 4. The smallest absolute Gasteiger partial charge is 0.142 e. The number of benzene rings is 2. The highest BCUT2D eigenvalue weighted by Crippen LogP contribution is 2.40. The van der Waals surface area contributed by atoms with Crippen molar-refractivity contribution < 1.29 is 0 Å². The molecule has 0 saturated carbocycles. The lowest BCUT2D eigenvalue weighted by atomic mass is 10.00. The fourth-order valence-electron chi connectivity index (χ4n) is 4.38. The van der Waals surface area contributed by atoms with Crippen LogP contribution in [0.25, 0.3) is 33.5 Å². The number of nitriles is 1. The number of anilines is 1. The highest BCUT2D eigenvalue weighted by molar-refractivity contribution is 5.91. The molecular formula is C25H23N5. The van der Waals surface area contributed by atoms with Crippen LogP contribution in [0.5, 0.6) is 0 Å². The highest BCUT2D eigenvalue weighted by atomic mass is 15.2. The van der Waals surface area contributed by atoms with E-state index in [-0.39, 0.29) is 0 Å². The van der Waals surface area contributed by atoms with Gasteiger partial charge in [-0.2, -0.15) is 5.26 Å². The van der Waals surface area contributed by atoms with Gasteiger partial charge >= 0.3 is 0 Å². The Morgan fingerprint density at radius 1 is 1.07 bits per heavy atom. The monoisotopic (exact) mass is 393 g/mol. The van der Waals surface area contributed by atoms with Crippen molar-refractivity contribution >= 4 is 16.7 Å². The van der Waals surface area contributed by atoms with Gasteiger partial charge in [0.1, 0.15) is 5.82 Å². The molecule has 1 fully saturated rings. The first-order valence-corrected chi connectivity index (χ1v) is 10.5. The molecule has 4 aromatic rings. The molecule has 1 aliphatic rings. The Morgan fingerprint density at radius 2 is 1.87 bits per heavy atom. The van der Waals surface area contributed by atoms with Crippen molar-refractivity contribution in [2.45, 2.75) is 26.2 Å². The van der Waals surface area contributed by atoms with E-state index in [1.54, 1.807) is 0 Å². The third kappa shape index (κ3) is 3.11. The minimum absolute atomic E-state index is 0.654. The second-order valence-electron chi connectivity index (χ2n) is 7.72. The average molecular weight is 393 g/mol. The maximum absolute atomic E-state index is 9.36. The van der Waals surface area contributed by atoms with Crippen molar-refractivity contribution in [3.63, 3.8) is 0 Å². The van der Waals surface area contributed by atoms with Gasteiger partial charge in [-0.05, 0) is 48.6 Å². The summed E-state index contributed by atoms with van der Waals surface area (Å²) < 4.78 is 0. The molecule has 0 spiro atoms. The topological polar surface area (TPSA) is 68.6 Å². The number of hydrogen-bond donors (Lipinski definition) is 1. The summed E-state index contributed by atoms with van der Waals surface area (Å²) in [5.74, 6) is 0.846. The van der Waals surface area contributed by atoms with E-state index in [1.165, 1.54) is 18.4 Å². The maximum Gasteiger partial charge on any atom is 0.142 e. The number of nitrogens with one attached hydrogen (secondary N) is 1. The van der Waals surface area contributed by atoms with Gasteiger partial charge in [-0.15, -0.1) is 0 Å². The minimum Gasteiger partial charge on any atom is -0.370 e. The Morgan fingerprint density at radius 3 is 2.67 bits per heavy atom. The van der Waals surface area contributed by atoms with E-state index in [0.717, 1.165) is 58.7 Å². The highest BCUT2D eigenvalue weighted by Gasteiger charge is 2.23. The van der Waals surface area contributed by atoms with Crippen LogP contribution >= 0.6 is 0 Å². The molecule has 0 amide bonds. The summed E-state index contributed by atoms with van der Waals surface area (Å²) in [4.78, 5) is 15.5. The summed E-state index contributed by atoms with van der Waals surface area (Å²) in [6.45, 7) is 4.19. The first-order chi connectivity index (χ1) is 14.8. The predicted molar refractivity (Wildman–Crippen MR) is 120 cm³/mol. The molecule has 0 aliphatic carbocycles. The lowest BCUT2D eigenvalue weighted by Gasteiger charge is -2.24. The number of fused-ring (bicyclic) bond motifs is 1. The number of aryl methyl sites for hydroxylation is 1. The van der Waals surface area contributed by atoms with Gasteiger partial charge < -0.3 is 9.88 Å². The number of pyridine rings is 1. The summed E-state index contributed by atoms with van der Waals surface area (Å²) in [6.07, 6.45) is 7.13. The molecule has 1 saturated heterocycles. The van der Waals surface area contributed by atoms with Crippen molar-refractivity contribution in [1.82, 2.24) is 15.0 Å². The van der Waals surface area contributed by atoms with Crippen LogP contribution in [0.15, 0.2) is 54.9 Å². The van der Waals surface area contributed by atoms with Gasteiger partial charge in [0.25, 0.3) is 0 Å². The van der Waals surface area contributed by atoms with Gasteiger partial charge in [0.15, 0.2) is 0 Å². The van der Waals surface area contributed by atoms with Crippen LogP contribution in [-0.2, 0) is 6.42 Å². The number of aromatic nitrogens is 3. The Bertz CT molecular complexity index is 1260. The standard InChI is InChI=1S/C25H23N5/c1-2-18-8-6-10-22-23(18)29-25(28-22)21-16-27-15-20(24(21)30-11-3-4-12-30)19-9-5-7-17(13-19)14-26/h5-10,13,15-16H,2-4,11-12H2,1H3,(H,28,29). The fourth-order valence-corrected chi connectivity index (χ4v) is 4.38. The van der Waals surface area contributed by atoms with Crippen LogP contribution in [0, 0.1) is 11.3 Å². The van der Waals surface area contributed by atoms with Crippen molar-refractivity contribution in [2.24, 2.45) is 0 Å². The molecule has 5 heteroatoms. The van der Waals surface area contributed by atoms with Crippen molar-refractivity contribution in [3.8, 4) is 28.6 Å². The number of rotatable bonds is 4. The van der Waals surface area contributed by atoms with Crippen LogP contribution in [0.1, 0.15) is 30.9 Å². The SMILES string of the molecule is CCc1cccc2[nH]c(-c3cncc(-c4cccc(C#N)c4)c3N3CCCC3)nc12. The summed E-state index contributed by atoms with van der Waals surface area (Å²) in [6, 6.07) is 16.3. The Hall–Kier alpha value is -3.65. The van der Waals surface area contributed by atoms with E-state index < -0.39 is 0 Å². The Labute approximate surface area is 176 Å². The van der Waals surface area contributed by atoms with Gasteiger partial charge in [-0.3, -0.25) is 4.98 Å². The lowest BCUT2D eigenvalue weighted by molar-refractivity contribution is 0.949. The third-order valence-electron chi connectivity index (χ3n) is 5.87. The van der Waals surface area contributed by atoms with E-state index in [9.17, 15) is 5.26 Å². The molecule has 30 heavy (non-hydrogen) atoms. The van der Waals surface area contributed by atoms with E-state index in [1.807, 2.05) is 30.6 Å². The van der Waals surface area contributed by atoms with Crippen molar-refractivity contribution in [2.75, 3.05) is 18.0 Å². The summed E-state index contributed by atoms with van der Waals surface area (Å²) >= 11 is 0. The van der Waals surface area contributed by atoms with Gasteiger partial charge in [-0.25, -0.2) is 4.98 Å². The number of para-hydroxylation sites is 1. The summed E-state index contributed by atoms with van der Waals surface area (Å²) in [5, 5.41) is 9.36. The number of imidazole rings is 1. The zero-order chi connectivity index (χ0) is 20.5. The molecule has 2 aromatic heterocycles. The third-order valence-corrected chi connectivity index (χ3v) is 5.87. The average Bonchev–Trinajstić information content (AvgIpc) is 3.48. The number of aromatic amines is 1. The zero-order valence-corrected chi connectivity index (χ0v) is 17.0. The van der Waals surface area contributed by atoms with Crippen LogP contribution in [-0.4, -0.2) is 28.0 Å². The quantitative estimate of drug-likeness (QED) is 0.509. The Kier molecular flexibility index (Phi) is 4.68. The molecular weight excluding hydrogens is 370 g/mol. The van der Waals surface area contributed by atoms with Gasteiger partial charge in [0, 0.05) is 31.0 Å². The number of nitrogens with zero attached hydrogens (tertiary/aromatic N) is 4. The largest absolute Gasteiger partial charge is 0.370 e. The molecule has 148 valence electrons. The zero-order valence-electron chi connectivity index (χ0n) is 17.0. The van der Waals surface area contributed by atoms with Crippen LogP contribution in [0.2, 0.25) is 0 Å². The van der Waals surface area contributed by atoms with Crippen LogP contribution < -0.4 is 4.90 Å². The molecule has 5 rings (SSSR count). The maximum atomic E-state index is 9.36. The molecule has 2 aromatic carbocycles. The molecule has 0 atom stereocenters. The molecule has 0 bridgehead atoms. The minimum atomic E-state index is 0.654. The van der Waals surface area contributed by atoms with Crippen LogP contribution in [0.4, 0.5) is 5.69 Å². The molecule has 3 heterocycles. The molecule has 1 N–H and O–H groups in total. The van der Waals surface area contributed by atoms with Crippen molar-refractivity contribution in [3.05, 3.63) is 66.0 Å². The first kappa shape index (κ1) is 18.4. The van der Waals surface area contributed by atoms with Gasteiger partial charge in [0.05, 0.1) is 33.9 Å². The molecule has 0 unspecified atom stereocenters. The molecule has 0 radical (unpaired) electrons. The molecule has 1 aliphatic heterocycles. The second-order valence-corrected chi connectivity index (χ2v) is 7.72. The Balaban J connectivity index is 1.74. The predicted octanol–water partition coefficient (Wildman–Crippen LogP) is 5.33. The number of H-pyrrole nitrogens is 1. The normalized spacial score (nSPS) is 13.7. The van der Waals surface area contributed by atoms with Gasteiger partial charge in [-0.1, -0.05) is 31.2 Å². The lowest BCUT2D eigenvalue weighted by Crippen LogP contribution is -2.20. The first-order valence-electron chi connectivity index (χ1n) is 10.5. The molecule has 5 nitrogen and oxygen atoms in total. The fraction of sp³-hybridized carbons (Fsp3) is 0.240. The van der Waals surface area contributed by atoms with E-state index in [0.29, 0.717) is 5.56 Å². The van der Waals surface area contributed by atoms with E-state index in [2.05, 4.69) is 52.1 Å². The second kappa shape index (κ2) is 7.64. The van der Waals surface area contributed by atoms with E-state index in [4.69, 9.17) is 4.98 Å². The van der Waals surface area contributed by atoms with Crippen LogP contribution in [0.3, 0.4) is 0 Å². The summed E-state index contributed by atoms with van der Waals surface area (Å²) in [5.41, 5.74) is 8.18. The summed E-state index contributed by atoms with van der Waals surface area (Å²) in [7, 11) is 0.